The Morgan fingerprint density at radius 1 is 1.13 bits per heavy atom. The van der Waals surface area contributed by atoms with Gasteiger partial charge in [0.05, 0.1) is 25.1 Å². The predicted octanol–water partition coefficient (Wildman–Crippen LogP) is -1.54. The molecule has 16 heteroatoms. The molecule has 39 heavy (non-hydrogen) atoms. The van der Waals surface area contributed by atoms with Crippen molar-refractivity contribution >= 4 is 35.6 Å². The Bertz CT molecular complexity index is 1190. The van der Waals surface area contributed by atoms with Crippen molar-refractivity contribution in [1.29, 1.82) is 0 Å². The van der Waals surface area contributed by atoms with Crippen LogP contribution in [0.1, 0.15) is 30.4 Å². The number of fused-ring (bicyclic) bond motifs is 8. The maximum absolute atomic E-state index is 13.2. The van der Waals surface area contributed by atoms with Crippen LogP contribution in [0, 0.1) is 0 Å². The molecule has 3 atom stereocenters. The van der Waals surface area contributed by atoms with Crippen LogP contribution in [-0.2, 0) is 36.6 Å². The maximum atomic E-state index is 13.2. The van der Waals surface area contributed by atoms with Crippen molar-refractivity contribution in [3.63, 3.8) is 0 Å². The summed E-state index contributed by atoms with van der Waals surface area (Å²) in [5, 5.41) is 16.5. The Morgan fingerprint density at radius 3 is 2.46 bits per heavy atom. The minimum atomic E-state index is -4.64. The number of rotatable bonds is 8. The molecule has 0 saturated carbocycles. The molecule has 3 aliphatic heterocycles. The van der Waals surface area contributed by atoms with Crippen LogP contribution in [-0.4, -0.2) is 82.8 Å². The zero-order valence-electron chi connectivity index (χ0n) is 20.6. The minimum absolute atomic E-state index is 0.0309. The summed E-state index contributed by atoms with van der Waals surface area (Å²) in [7, 11) is 0. The van der Waals surface area contributed by atoms with E-state index in [1.807, 2.05) is 0 Å². The van der Waals surface area contributed by atoms with Crippen LogP contribution in [0.3, 0.4) is 0 Å². The highest BCUT2D eigenvalue weighted by atomic mass is 19.4. The number of benzene rings is 1. The van der Waals surface area contributed by atoms with Gasteiger partial charge >= 0.3 is 12.1 Å². The van der Waals surface area contributed by atoms with Crippen LogP contribution < -0.4 is 27.4 Å². The number of nitrogens with zero attached hydrogens (tertiary/aromatic N) is 2. The lowest BCUT2D eigenvalue weighted by molar-refractivity contribution is -0.159. The summed E-state index contributed by atoms with van der Waals surface area (Å²) in [6.45, 7) is -0.580. The first-order chi connectivity index (χ1) is 18.2. The molecule has 3 saturated heterocycles. The number of halogens is 3. The highest BCUT2D eigenvalue weighted by Gasteiger charge is 2.54. The van der Waals surface area contributed by atoms with Crippen LogP contribution in [0.5, 0.6) is 0 Å². The van der Waals surface area contributed by atoms with E-state index in [4.69, 9.17) is 11.5 Å². The quantitative estimate of drug-likeness (QED) is 0.0726. The fourth-order valence-electron chi connectivity index (χ4n) is 4.44. The average molecular weight is 556 g/mol. The molecule has 1 aromatic rings. The van der Waals surface area contributed by atoms with Crippen LogP contribution in [0.4, 0.5) is 13.2 Å². The summed E-state index contributed by atoms with van der Waals surface area (Å²) < 4.78 is 39.6. The first-order valence-corrected chi connectivity index (χ1v) is 11.8. The standard InChI is InChI=1S/C23H28F3N7O6/c24-23(25,26)13-4-1-3-12(7-13)9-22-11-33(20(22)39)10-16(34)30-14(5-2-6-29-21(27)28)18(37)31-15(8-17(35)36)19(38)32-22/h1,3-4,7,14-15H,2,5-6,8-11H2,(H,30,34)(H,31,37)(H,32,38)(H,35,36)(H4,27,28,29)/t14-,15-,22-/m0/s1. The predicted molar refractivity (Wildman–Crippen MR) is 129 cm³/mol. The SMILES string of the molecule is NC(N)=NCCC[C@@H]1NC(=O)CN2C[C@](Cc3cccc(C(F)(F)F)c3)(NC(=O)[C@H](CC(=O)O)NC1=O)C2=O. The minimum Gasteiger partial charge on any atom is -0.481 e. The number of aliphatic carboxylic acids is 1. The van der Waals surface area contributed by atoms with E-state index in [0.717, 1.165) is 23.1 Å². The largest absolute Gasteiger partial charge is 0.481 e. The van der Waals surface area contributed by atoms with Crippen LogP contribution in [0.25, 0.3) is 0 Å². The second-order valence-electron chi connectivity index (χ2n) is 9.34. The van der Waals surface area contributed by atoms with Gasteiger partial charge in [0, 0.05) is 13.0 Å². The monoisotopic (exact) mass is 555 g/mol. The lowest BCUT2D eigenvalue weighted by Crippen LogP contribution is -2.77. The molecule has 0 radical (unpaired) electrons. The summed E-state index contributed by atoms with van der Waals surface area (Å²) in [6, 6.07) is 1.35. The maximum Gasteiger partial charge on any atom is 0.416 e. The zero-order chi connectivity index (χ0) is 29.0. The number of nitrogens with one attached hydrogen (secondary N) is 3. The van der Waals surface area contributed by atoms with Crippen molar-refractivity contribution in [3.8, 4) is 0 Å². The van der Waals surface area contributed by atoms with Crippen molar-refractivity contribution in [1.82, 2.24) is 20.9 Å². The summed E-state index contributed by atoms with van der Waals surface area (Å²) in [6.07, 6.45) is -5.59. The molecular weight excluding hydrogens is 527 g/mol. The van der Waals surface area contributed by atoms with Gasteiger partial charge in [0.2, 0.25) is 17.7 Å². The van der Waals surface area contributed by atoms with Gasteiger partial charge in [-0.25, -0.2) is 0 Å². The first-order valence-electron chi connectivity index (χ1n) is 11.8. The molecule has 0 aromatic heterocycles. The first kappa shape index (κ1) is 29.2. The lowest BCUT2D eigenvalue weighted by Gasteiger charge is -2.49. The number of alkyl halides is 3. The summed E-state index contributed by atoms with van der Waals surface area (Å²) in [5.74, 6) is -4.93. The third kappa shape index (κ3) is 7.36. The average Bonchev–Trinajstić information content (AvgIpc) is 2.83. The number of hydrogen-bond acceptors (Lipinski definition) is 6. The molecule has 3 fully saturated rings. The highest BCUT2D eigenvalue weighted by Crippen LogP contribution is 2.32. The van der Waals surface area contributed by atoms with Gasteiger partial charge in [-0.3, -0.25) is 29.0 Å². The van der Waals surface area contributed by atoms with Crippen LogP contribution >= 0.6 is 0 Å². The number of guanidine groups is 1. The van der Waals surface area contributed by atoms with E-state index < -0.39 is 71.9 Å². The molecular formula is C23H28F3N7O6. The van der Waals surface area contributed by atoms with Crippen LogP contribution in [0.15, 0.2) is 29.3 Å². The van der Waals surface area contributed by atoms with Gasteiger partial charge < -0.3 is 37.4 Å². The lowest BCUT2D eigenvalue weighted by atomic mass is 9.81. The smallest absolute Gasteiger partial charge is 0.416 e. The van der Waals surface area contributed by atoms with E-state index in [1.165, 1.54) is 6.07 Å². The summed E-state index contributed by atoms with van der Waals surface area (Å²) >= 11 is 0. The molecule has 4 rings (SSSR count). The Hall–Kier alpha value is -4.37. The molecule has 0 aliphatic carbocycles. The number of β-lactam (4-membered cyclic amide) rings is 1. The normalized spacial score (nSPS) is 23.8. The fourth-order valence-corrected chi connectivity index (χ4v) is 4.44. The topological polar surface area (TPSA) is 209 Å². The number of carbonyl (C=O) groups excluding carboxylic acids is 4. The molecule has 0 spiro atoms. The Balaban J connectivity index is 1.88. The van der Waals surface area contributed by atoms with Gasteiger partial charge in [0.15, 0.2) is 5.96 Å². The van der Waals surface area contributed by atoms with Crippen molar-refractivity contribution in [2.45, 2.75) is 49.5 Å². The van der Waals surface area contributed by atoms with Gasteiger partial charge in [-0.15, -0.1) is 0 Å². The van der Waals surface area contributed by atoms with Gasteiger partial charge in [-0.2, -0.15) is 13.2 Å². The van der Waals surface area contributed by atoms with E-state index in [9.17, 15) is 42.3 Å². The number of aliphatic imine (C=N–C) groups is 1. The van der Waals surface area contributed by atoms with Gasteiger partial charge in [0.1, 0.15) is 17.6 Å². The Kier molecular flexibility index (Phi) is 8.66. The van der Waals surface area contributed by atoms with Gasteiger partial charge in [-0.05, 0) is 24.5 Å². The van der Waals surface area contributed by atoms with E-state index in [2.05, 4.69) is 20.9 Å². The number of carboxylic acid groups (broad SMARTS) is 1. The number of amides is 4. The molecule has 3 aliphatic rings. The molecule has 13 nitrogen and oxygen atoms in total. The molecule has 4 amide bonds. The molecule has 2 bridgehead atoms. The summed E-state index contributed by atoms with van der Waals surface area (Å²) in [5.41, 5.74) is 7.90. The zero-order valence-corrected chi connectivity index (χ0v) is 20.6. The van der Waals surface area contributed by atoms with Gasteiger partial charge in [0.25, 0.3) is 5.91 Å². The van der Waals surface area contributed by atoms with E-state index in [0.29, 0.717) is 0 Å². The van der Waals surface area contributed by atoms with Crippen LogP contribution in [0.2, 0.25) is 0 Å². The highest BCUT2D eigenvalue weighted by molar-refractivity contribution is 6.02. The van der Waals surface area contributed by atoms with E-state index in [-0.39, 0.29) is 43.9 Å². The second kappa shape index (κ2) is 11.6. The number of carbonyl (C=O) groups is 5. The Labute approximate surface area is 220 Å². The molecule has 1 aromatic carbocycles. The number of carboxylic acids is 1. The molecule has 0 unspecified atom stereocenters. The van der Waals surface area contributed by atoms with Gasteiger partial charge in [-0.1, -0.05) is 18.2 Å². The van der Waals surface area contributed by atoms with Crippen molar-refractivity contribution in [3.05, 3.63) is 35.4 Å². The fraction of sp³-hybridized carbons (Fsp3) is 0.478. The second-order valence-corrected chi connectivity index (χ2v) is 9.34. The molecule has 3 heterocycles. The van der Waals surface area contributed by atoms with Crippen molar-refractivity contribution in [2.24, 2.45) is 16.5 Å². The molecule has 212 valence electrons. The Morgan fingerprint density at radius 2 is 1.85 bits per heavy atom. The number of nitrogens with two attached hydrogens (primary N) is 2. The van der Waals surface area contributed by atoms with Crippen molar-refractivity contribution < 1.29 is 42.3 Å². The van der Waals surface area contributed by atoms with Crippen molar-refractivity contribution in [2.75, 3.05) is 19.6 Å². The third-order valence-corrected chi connectivity index (χ3v) is 6.22. The van der Waals surface area contributed by atoms with E-state index in [1.54, 1.807) is 0 Å². The number of hydrogen-bond donors (Lipinski definition) is 6. The van der Waals surface area contributed by atoms with E-state index >= 15 is 0 Å². The third-order valence-electron chi connectivity index (χ3n) is 6.22. The summed E-state index contributed by atoms with van der Waals surface area (Å²) in [4.78, 5) is 68.2. The molecule has 8 N–H and O–H groups in total.